The fraction of sp³-hybridized carbons (Fsp3) is 0.462. The Kier molecular flexibility index (Phi) is 3.90. The lowest BCUT2D eigenvalue weighted by molar-refractivity contribution is 0.0645. The number of nitriles is 1. The van der Waals surface area contributed by atoms with Gasteiger partial charge < -0.3 is 4.90 Å². The Labute approximate surface area is 107 Å². The molecule has 1 aliphatic heterocycles. The van der Waals surface area contributed by atoms with Crippen molar-refractivity contribution in [3.63, 3.8) is 0 Å². The van der Waals surface area contributed by atoms with Gasteiger partial charge in [-0.3, -0.25) is 9.69 Å². The van der Waals surface area contributed by atoms with E-state index in [-0.39, 0.29) is 5.91 Å². The topological polar surface area (TPSA) is 60.2 Å². The third-order valence-electron chi connectivity index (χ3n) is 3.06. The van der Waals surface area contributed by atoms with Crippen LogP contribution in [0.5, 0.6) is 0 Å². The van der Waals surface area contributed by atoms with Crippen LogP contribution in [0.4, 0.5) is 0 Å². The minimum atomic E-state index is -0.0182. The molecule has 0 aliphatic carbocycles. The van der Waals surface area contributed by atoms with E-state index in [1.165, 1.54) is 0 Å². The van der Waals surface area contributed by atoms with Crippen LogP contribution >= 0.6 is 0 Å². The molecule has 1 fully saturated rings. The maximum Gasteiger partial charge on any atom is 0.272 e. The van der Waals surface area contributed by atoms with Gasteiger partial charge in [-0.05, 0) is 19.1 Å². The zero-order chi connectivity index (χ0) is 13.0. The summed E-state index contributed by atoms with van der Waals surface area (Å²) in [4.78, 5) is 20.3. The molecule has 1 amide bonds. The molecule has 0 bridgehead atoms. The van der Waals surface area contributed by atoms with E-state index < -0.39 is 0 Å². The molecular formula is C13H16N4O. The molecule has 5 heteroatoms. The Morgan fingerprint density at radius 3 is 2.72 bits per heavy atom. The van der Waals surface area contributed by atoms with Gasteiger partial charge in [0.1, 0.15) is 5.69 Å². The van der Waals surface area contributed by atoms with Gasteiger partial charge in [-0.25, -0.2) is 4.98 Å². The lowest BCUT2D eigenvalue weighted by atomic mass is 10.2. The number of piperazine rings is 1. The second-order valence-corrected chi connectivity index (χ2v) is 4.39. The number of rotatable bonds is 2. The van der Waals surface area contributed by atoms with Crippen molar-refractivity contribution in [2.45, 2.75) is 6.92 Å². The molecule has 0 spiro atoms. The highest BCUT2D eigenvalue weighted by molar-refractivity contribution is 5.92. The monoisotopic (exact) mass is 244 g/mol. The van der Waals surface area contributed by atoms with Gasteiger partial charge in [-0.2, -0.15) is 5.26 Å². The molecule has 1 saturated heterocycles. The Hall–Kier alpha value is -1.93. The molecule has 1 aromatic heterocycles. The van der Waals surface area contributed by atoms with E-state index in [9.17, 15) is 4.79 Å². The van der Waals surface area contributed by atoms with E-state index in [4.69, 9.17) is 5.26 Å². The Bertz CT molecular complexity index is 472. The van der Waals surface area contributed by atoms with Crippen LogP contribution in [0.25, 0.3) is 0 Å². The van der Waals surface area contributed by atoms with Gasteiger partial charge in [-0.15, -0.1) is 0 Å². The van der Waals surface area contributed by atoms with Gasteiger partial charge in [0.05, 0.1) is 12.6 Å². The summed E-state index contributed by atoms with van der Waals surface area (Å²) in [6.07, 6.45) is 0. The molecule has 1 aromatic rings. The first-order valence-electron chi connectivity index (χ1n) is 6.03. The third-order valence-corrected chi connectivity index (χ3v) is 3.06. The Morgan fingerprint density at radius 2 is 2.11 bits per heavy atom. The number of carbonyl (C=O) groups excluding carboxylic acids is 1. The van der Waals surface area contributed by atoms with Gasteiger partial charge in [0.2, 0.25) is 0 Å². The van der Waals surface area contributed by atoms with Crippen LogP contribution in [0.15, 0.2) is 18.2 Å². The number of hydrogen-bond donors (Lipinski definition) is 0. The number of pyridine rings is 1. The first-order chi connectivity index (χ1) is 8.70. The van der Waals surface area contributed by atoms with Crippen LogP contribution in [0.2, 0.25) is 0 Å². The molecule has 0 unspecified atom stereocenters. The summed E-state index contributed by atoms with van der Waals surface area (Å²) in [6.45, 7) is 5.15. The van der Waals surface area contributed by atoms with Crippen LogP contribution < -0.4 is 0 Å². The van der Waals surface area contributed by atoms with Gasteiger partial charge in [0.25, 0.3) is 5.91 Å². The fourth-order valence-corrected chi connectivity index (χ4v) is 2.03. The normalized spacial score (nSPS) is 16.3. The van der Waals surface area contributed by atoms with Crippen molar-refractivity contribution >= 4 is 5.91 Å². The number of amides is 1. The summed E-state index contributed by atoms with van der Waals surface area (Å²) in [7, 11) is 0. The quantitative estimate of drug-likeness (QED) is 0.717. The first kappa shape index (κ1) is 12.5. The lowest BCUT2D eigenvalue weighted by Crippen LogP contribution is -2.48. The smallest absolute Gasteiger partial charge is 0.272 e. The van der Waals surface area contributed by atoms with Gasteiger partial charge in [0, 0.05) is 31.9 Å². The Morgan fingerprint density at radius 1 is 1.39 bits per heavy atom. The van der Waals surface area contributed by atoms with E-state index in [0.717, 1.165) is 18.8 Å². The molecule has 2 heterocycles. The number of carbonyl (C=O) groups is 1. The zero-order valence-corrected chi connectivity index (χ0v) is 10.5. The van der Waals surface area contributed by atoms with E-state index in [2.05, 4.69) is 11.1 Å². The van der Waals surface area contributed by atoms with Crippen LogP contribution in [-0.4, -0.2) is 53.4 Å². The zero-order valence-electron chi connectivity index (χ0n) is 10.5. The van der Waals surface area contributed by atoms with Crippen LogP contribution in [0, 0.1) is 18.3 Å². The molecule has 0 radical (unpaired) electrons. The molecule has 1 aliphatic rings. The average molecular weight is 244 g/mol. The van der Waals surface area contributed by atoms with Crippen molar-refractivity contribution in [3.05, 3.63) is 29.6 Å². The second kappa shape index (κ2) is 5.61. The maximum atomic E-state index is 12.2. The van der Waals surface area contributed by atoms with E-state index >= 15 is 0 Å². The van der Waals surface area contributed by atoms with Crippen molar-refractivity contribution in [3.8, 4) is 6.07 Å². The fourth-order valence-electron chi connectivity index (χ4n) is 2.03. The largest absolute Gasteiger partial charge is 0.335 e. The number of nitrogens with zero attached hydrogens (tertiary/aromatic N) is 4. The van der Waals surface area contributed by atoms with Crippen molar-refractivity contribution in [2.24, 2.45) is 0 Å². The highest BCUT2D eigenvalue weighted by atomic mass is 16.2. The SMILES string of the molecule is Cc1cccc(C(=O)N2CCN(CC#N)CC2)n1. The van der Waals surface area contributed by atoms with E-state index in [0.29, 0.717) is 25.3 Å². The summed E-state index contributed by atoms with van der Waals surface area (Å²) in [5, 5.41) is 8.62. The standard InChI is InChI=1S/C13H16N4O/c1-11-3-2-4-12(15-11)13(18)17-9-7-16(6-5-14)8-10-17/h2-4H,6-10H2,1H3. The molecular weight excluding hydrogens is 228 g/mol. The Balaban J connectivity index is 1.98. The van der Waals surface area contributed by atoms with Gasteiger partial charge in [0.15, 0.2) is 0 Å². The summed E-state index contributed by atoms with van der Waals surface area (Å²) in [5.41, 5.74) is 1.35. The molecule has 5 nitrogen and oxygen atoms in total. The summed E-state index contributed by atoms with van der Waals surface area (Å²) < 4.78 is 0. The lowest BCUT2D eigenvalue weighted by Gasteiger charge is -2.33. The number of aromatic nitrogens is 1. The summed E-state index contributed by atoms with van der Waals surface area (Å²) in [6, 6.07) is 7.60. The predicted octanol–water partition coefficient (Wildman–Crippen LogP) is 0.671. The molecule has 18 heavy (non-hydrogen) atoms. The highest BCUT2D eigenvalue weighted by Gasteiger charge is 2.22. The summed E-state index contributed by atoms with van der Waals surface area (Å²) >= 11 is 0. The molecule has 0 aromatic carbocycles. The predicted molar refractivity (Wildman–Crippen MR) is 66.9 cm³/mol. The molecule has 0 N–H and O–H groups in total. The maximum absolute atomic E-state index is 12.2. The molecule has 2 rings (SSSR count). The van der Waals surface area contributed by atoms with E-state index in [1.807, 2.05) is 24.0 Å². The minimum Gasteiger partial charge on any atom is -0.335 e. The van der Waals surface area contributed by atoms with Gasteiger partial charge in [-0.1, -0.05) is 6.07 Å². The second-order valence-electron chi connectivity index (χ2n) is 4.39. The van der Waals surface area contributed by atoms with Crippen molar-refractivity contribution in [1.29, 1.82) is 5.26 Å². The van der Waals surface area contributed by atoms with Crippen LogP contribution in [0.1, 0.15) is 16.2 Å². The minimum absolute atomic E-state index is 0.0182. The number of aryl methyl sites for hydroxylation is 1. The van der Waals surface area contributed by atoms with Gasteiger partial charge >= 0.3 is 0 Å². The average Bonchev–Trinajstić information content (AvgIpc) is 2.39. The first-order valence-corrected chi connectivity index (χ1v) is 6.03. The van der Waals surface area contributed by atoms with Crippen molar-refractivity contribution in [1.82, 2.24) is 14.8 Å². The van der Waals surface area contributed by atoms with Crippen molar-refractivity contribution in [2.75, 3.05) is 32.7 Å². The van der Waals surface area contributed by atoms with E-state index in [1.54, 1.807) is 11.0 Å². The van der Waals surface area contributed by atoms with Crippen molar-refractivity contribution < 1.29 is 4.79 Å². The summed E-state index contributed by atoms with van der Waals surface area (Å²) in [5.74, 6) is -0.0182. The molecule has 0 atom stereocenters. The molecule has 94 valence electrons. The van der Waals surface area contributed by atoms with Crippen LogP contribution in [0.3, 0.4) is 0 Å². The highest BCUT2D eigenvalue weighted by Crippen LogP contribution is 2.07. The number of hydrogen-bond acceptors (Lipinski definition) is 4. The third kappa shape index (κ3) is 2.84. The van der Waals surface area contributed by atoms with Crippen LogP contribution in [-0.2, 0) is 0 Å². The molecule has 0 saturated carbocycles.